The second-order valence-electron chi connectivity index (χ2n) is 3.94. The number of hydrogen-bond donors (Lipinski definition) is 1. The Bertz CT molecular complexity index is 502. The number of benzene rings is 1. The van der Waals surface area contributed by atoms with E-state index in [1.807, 2.05) is 12.1 Å². The molecule has 0 aliphatic rings. The molecule has 1 N–H and O–H groups in total. The largest absolute Gasteiger partial charge is 0.343 e. The Morgan fingerprint density at radius 1 is 1.39 bits per heavy atom. The zero-order valence-corrected chi connectivity index (χ0v) is 13.0. The molecule has 2 rings (SSSR count). The lowest BCUT2D eigenvalue weighted by Gasteiger charge is -2.15. The normalized spacial score (nSPS) is 12.6. The molecule has 1 aromatic heterocycles. The van der Waals surface area contributed by atoms with Gasteiger partial charge >= 0.3 is 0 Å². The van der Waals surface area contributed by atoms with Gasteiger partial charge in [-0.2, -0.15) is 4.98 Å². The van der Waals surface area contributed by atoms with Gasteiger partial charge in [-0.3, -0.25) is 0 Å². The van der Waals surface area contributed by atoms with Crippen molar-refractivity contribution in [3.63, 3.8) is 0 Å². The molecule has 6 heteroatoms. The topological polar surface area (TPSA) is 51.0 Å². The van der Waals surface area contributed by atoms with Gasteiger partial charge in [0.15, 0.2) is 5.82 Å². The average molecular weight is 375 g/mol. The zero-order chi connectivity index (χ0) is 13.0. The molecule has 0 spiro atoms. The molecule has 0 radical (unpaired) electrons. The van der Waals surface area contributed by atoms with Crippen LogP contribution in [0.15, 0.2) is 38.1 Å². The lowest BCUT2D eigenvalue weighted by atomic mass is 10.1. The molecular weight excluding hydrogens is 362 g/mol. The maximum Gasteiger partial charge on any atom is 0.213 e. The summed E-state index contributed by atoms with van der Waals surface area (Å²) < 4.78 is 6.85. The second-order valence-corrected chi connectivity index (χ2v) is 5.71. The first kappa shape index (κ1) is 13.7. The van der Waals surface area contributed by atoms with Crippen LogP contribution < -0.4 is 5.32 Å². The van der Waals surface area contributed by atoms with Gasteiger partial charge in [-0.1, -0.05) is 43.1 Å². The van der Waals surface area contributed by atoms with Crippen LogP contribution in [0.4, 0.5) is 0 Å². The lowest BCUT2D eigenvalue weighted by molar-refractivity contribution is 0.408. The monoisotopic (exact) mass is 373 g/mol. The van der Waals surface area contributed by atoms with E-state index in [0.717, 1.165) is 27.7 Å². The minimum absolute atomic E-state index is 0.263. The van der Waals surface area contributed by atoms with Crippen LogP contribution >= 0.6 is 31.9 Å². The Labute approximate surface area is 122 Å². The fraction of sp³-hybridized carbons (Fsp3) is 0.333. The van der Waals surface area contributed by atoms with Gasteiger partial charge in [0, 0.05) is 28.0 Å². The smallest absolute Gasteiger partial charge is 0.213 e. The van der Waals surface area contributed by atoms with Crippen molar-refractivity contribution in [3.05, 3.63) is 44.9 Å². The summed E-state index contributed by atoms with van der Waals surface area (Å²) in [6.07, 6.45) is 2.11. The molecule has 0 saturated heterocycles. The molecule has 0 bridgehead atoms. The van der Waals surface area contributed by atoms with Gasteiger partial charge in [-0.25, -0.2) is 0 Å². The van der Waals surface area contributed by atoms with E-state index >= 15 is 0 Å². The summed E-state index contributed by atoms with van der Waals surface area (Å²) >= 11 is 7.02. The highest BCUT2D eigenvalue weighted by molar-refractivity contribution is 9.11. The number of hydrogen-bond acceptors (Lipinski definition) is 4. The van der Waals surface area contributed by atoms with Crippen LogP contribution in [-0.4, -0.2) is 16.7 Å². The highest BCUT2D eigenvalue weighted by Gasteiger charge is 2.09. The summed E-state index contributed by atoms with van der Waals surface area (Å²) in [5.74, 6) is 0.726. The van der Waals surface area contributed by atoms with Gasteiger partial charge in [0.1, 0.15) is 0 Å². The third-order valence-electron chi connectivity index (χ3n) is 2.64. The van der Waals surface area contributed by atoms with Gasteiger partial charge in [0.05, 0.1) is 0 Å². The van der Waals surface area contributed by atoms with Crippen molar-refractivity contribution in [1.82, 2.24) is 15.5 Å². The van der Waals surface area contributed by atoms with Crippen molar-refractivity contribution >= 4 is 31.9 Å². The first-order valence-corrected chi connectivity index (χ1v) is 7.19. The van der Waals surface area contributed by atoms with E-state index < -0.39 is 0 Å². The number of nitrogens with zero attached hydrogens (tertiary/aromatic N) is 2. The summed E-state index contributed by atoms with van der Waals surface area (Å²) in [5, 5.41) is 7.20. The second kappa shape index (κ2) is 6.45. The first-order valence-electron chi connectivity index (χ1n) is 5.60. The zero-order valence-electron chi connectivity index (χ0n) is 9.86. The van der Waals surface area contributed by atoms with Crippen LogP contribution in [-0.2, 0) is 6.42 Å². The van der Waals surface area contributed by atoms with Crippen LogP contribution in [0.5, 0.6) is 0 Å². The van der Waals surface area contributed by atoms with E-state index in [0.29, 0.717) is 0 Å². The van der Waals surface area contributed by atoms with E-state index in [-0.39, 0.29) is 6.04 Å². The minimum Gasteiger partial charge on any atom is -0.343 e. The fourth-order valence-corrected chi connectivity index (χ4v) is 3.06. The average Bonchev–Trinajstić information content (AvgIpc) is 2.81. The Morgan fingerprint density at radius 2 is 2.22 bits per heavy atom. The summed E-state index contributed by atoms with van der Waals surface area (Å²) in [6, 6.07) is 6.45. The van der Waals surface area contributed by atoms with Gasteiger partial charge in [0.25, 0.3) is 0 Å². The van der Waals surface area contributed by atoms with Crippen molar-refractivity contribution in [1.29, 1.82) is 0 Å². The first-order chi connectivity index (χ1) is 8.66. The van der Waals surface area contributed by atoms with Crippen molar-refractivity contribution in [2.24, 2.45) is 0 Å². The Morgan fingerprint density at radius 3 is 2.89 bits per heavy atom. The molecule has 0 saturated carbocycles. The van der Waals surface area contributed by atoms with E-state index in [2.05, 4.69) is 64.8 Å². The Balaban J connectivity index is 1.89. The highest BCUT2D eigenvalue weighted by Crippen LogP contribution is 2.26. The van der Waals surface area contributed by atoms with E-state index in [9.17, 15) is 0 Å². The Hall–Kier alpha value is -0.720. The van der Waals surface area contributed by atoms with Crippen LogP contribution in [0, 0.1) is 0 Å². The van der Waals surface area contributed by atoms with E-state index in [1.165, 1.54) is 12.0 Å². The molecule has 18 heavy (non-hydrogen) atoms. The Kier molecular flexibility index (Phi) is 4.91. The lowest BCUT2D eigenvalue weighted by Crippen LogP contribution is -2.22. The molecule has 1 aromatic carbocycles. The van der Waals surface area contributed by atoms with Gasteiger partial charge in [-0.05, 0) is 24.6 Å². The van der Waals surface area contributed by atoms with Crippen molar-refractivity contribution < 1.29 is 4.52 Å². The van der Waals surface area contributed by atoms with Gasteiger partial charge < -0.3 is 9.84 Å². The number of aromatic nitrogens is 2. The molecule has 0 fully saturated rings. The molecule has 1 heterocycles. The number of halogens is 2. The number of nitrogens with one attached hydrogen (secondary N) is 1. The molecule has 96 valence electrons. The predicted octanol–water partition coefficient (Wildman–Crippen LogP) is 3.49. The fourth-order valence-electron chi connectivity index (χ4n) is 1.67. The molecule has 2 aromatic rings. The molecule has 1 unspecified atom stereocenters. The minimum atomic E-state index is 0.263. The van der Waals surface area contributed by atoms with Crippen LogP contribution in [0.1, 0.15) is 24.4 Å². The predicted molar refractivity (Wildman–Crippen MR) is 76.3 cm³/mol. The number of rotatable bonds is 5. The summed E-state index contributed by atoms with van der Waals surface area (Å²) in [7, 11) is 0. The van der Waals surface area contributed by atoms with Gasteiger partial charge in [0.2, 0.25) is 6.39 Å². The third-order valence-corrected chi connectivity index (χ3v) is 3.82. The third kappa shape index (κ3) is 3.63. The van der Waals surface area contributed by atoms with Crippen molar-refractivity contribution in [2.75, 3.05) is 6.54 Å². The maximum absolute atomic E-state index is 4.69. The molecule has 0 aliphatic carbocycles. The van der Waals surface area contributed by atoms with E-state index in [4.69, 9.17) is 0 Å². The van der Waals surface area contributed by atoms with Crippen LogP contribution in [0.25, 0.3) is 0 Å². The molecular formula is C12H13Br2N3O. The molecule has 4 nitrogen and oxygen atoms in total. The quantitative estimate of drug-likeness (QED) is 0.870. The highest BCUT2D eigenvalue weighted by atomic mass is 79.9. The van der Waals surface area contributed by atoms with E-state index in [1.54, 1.807) is 0 Å². The van der Waals surface area contributed by atoms with Crippen LogP contribution in [0.3, 0.4) is 0 Å². The van der Waals surface area contributed by atoms with Crippen molar-refractivity contribution in [3.8, 4) is 0 Å². The summed E-state index contributed by atoms with van der Waals surface area (Å²) in [5.41, 5.74) is 1.23. The summed E-state index contributed by atoms with van der Waals surface area (Å²) in [4.78, 5) is 3.98. The molecule has 0 aliphatic heterocycles. The van der Waals surface area contributed by atoms with Gasteiger partial charge in [-0.15, -0.1) is 0 Å². The maximum atomic E-state index is 4.69. The molecule has 1 atom stereocenters. The van der Waals surface area contributed by atoms with Crippen molar-refractivity contribution in [2.45, 2.75) is 19.4 Å². The standard InChI is InChI=1S/C12H13Br2N3O/c1-8(10-3-2-9(13)6-11(10)14)15-5-4-12-16-7-18-17-12/h2-3,6-8,15H,4-5H2,1H3. The SMILES string of the molecule is CC(NCCc1ncon1)c1ccc(Br)cc1Br. The van der Waals surface area contributed by atoms with Crippen LogP contribution in [0.2, 0.25) is 0 Å². The summed E-state index contributed by atoms with van der Waals surface area (Å²) in [6.45, 7) is 2.94. The molecule has 0 amide bonds.